The lowest BCUT2D eigenvalue weighted by Crippen LogP contribution is -2.65. The Morgan fingerprint density at radius 2 is 1.55 bits per heavy atom. The second kappa shape index (κ2) is 18.7. The zero-order valence-corrected chi connectivity index (χ0v) is 39.9. The standard InChI is InChI=1S/C49H72O17S/c1-22-10-15-49(59-20-22)23(2)34-30(66-49)18-29-27-9-8-25-17-26(11-13-47(25,4)28(27)12-14-48(29,34)5)61-46-42(65-44-39(55)37(53)35(51)24(3)60-44)40(56)41(31(19-50)62-46)64-45-38(54)36(52)32(63-45)21-58-43(57)33-7-6-16-67-33/h6-8,16,22-24,26-32,34-42,44-46,50-56H,9-15,17-21H2,1-5H3. The largest absolute Gasteiger partial charge is 0.459 e. The van der Waals surface area contributed by atoms with Gasteiger partial charge >= 0.3 is 5.97 Å². The van der Waals surface area contributed by atoms with Gasteiger partial charge in [-0.05, 0) is 110 Å². The van der Waals surface area contributed by atoms with Gasteiger partial charge in [-0.2, -0.15) is 0 Å². The van der Waals surface area contributed by atoms with Gasteiger partial charge in [-0.1, -0.05) is 45.4 Å². The molecule has 8 fully saturated rings. The summed E-state index contributed by atoms with van der Waals surface area (Å²) < 4.78 is 55.9. The molecule has 6 heterocycles. The first-order valence-corrected chi connectivity index (χ1v) is 25.7. The molecule has 17 nitrogen and oxygen atoms in total. The second-order valence-electron chi connectivity index (χ2n) is 22.0. The van der Waals surface area contributed by atoms with Crippen LogP contribution in [0.1, 0.15) is 102 Å². The Morgan fingerprint density at radius 1 is 0.806 bits per heavy atom. The van der Waals surface area contributed by atoms with Crippen LogP contribution in [0.25, 0.3) is 0 Å². The highest BCUT2D eigenvalue weighted by molar-refractivity contribution is 7.11. The number of thiophene rings is 1. The Balaban J connectivity index is 0.835. The van der Waals surface area contributed by atoms with E-state index in [2.05, 4.69) is 33.8 Å². The van der Waals surface area contributed by atoms with Gasteiger partial charge in [0.2, 0.25) is 0 Å². The van der Waals surface area contributed by atoms with Gasteiger partial charge in [-0.3, -0.25) is 0 Å². The molecular formula is C49H72O17S. The first-order valence-electron chi connectivity index (χ1n) is 24.8. The molecule has 67 heavy (non-hydrogen) atoms. The third-order valence-electron chi connectivity index (χ3n) is 18.3. The molecule has 1 aromatic heterocycles. The maximum atomic E-state index is 12.5. The smallest absolute Gasteiger partial charge is 0.348 e. The van der Waals surface area contributed by atoms with Gasteiger partial charge in [0.05, 0.1) is 31.5 Å². The predicted molar refractivity (Wildman–Crippen MR) is 236 cm³/mol. The molecule has 3 saturated carbocycles. The van der Waals surface area contributed by atoms with Gasteiger partial charge in [-0.15, -0.1) is 11.3 Å². The van der Waals surface area contributed by atoms with Gasteiger partial charge in [0.15, 0.2) is 24.7 Å². The SMILES string of the molecule is CC1CCC2(OC1)OC1CC3C4CC=C5CC(OC6OC(CO)C(OC7OC(COC(=O)c8cccs8)C(O)C7O)C(O)C6OC6OC(C)C(O)C(O)C6O)CCC5(C)C4CCC3(C)C1C2C. The topological polar surface area (TPSA) is 242 Å². The Hall–Kier alpha value is -1.69. The van der Waals surface area contributed by atoms with Crippen molar-refractivity contribution in [2.75, 3.05) is 19.8 Å². The molecule has 1 spiro atoms. The van der Waals surface area contributed by atoms with E-state index in [1.54, 1.807) is 17.5 Å². The number of esters is 1. The first kappa shape index (κ1) is 48.9. The molecule has 0 amide bonds. The molecule has 5 saturated heterocycles. The minimum Gasteiger partial charge on any atom is -0.459 e. The molecule has 0 aromatic carbocycles. The summed E-state index contributed by atoms with van der Waals surface area (Å²) in [6.45, 7) is 10.8. The van der Waals surface area contributed by atoms with E-state index in [-0.39, 0.29) is 23.0 Å². The number of ether oxygens (including phenoxy) is 9. The van der Waals surface area contributed by atoms with Crippen molar-refractivity contribution in [3.63, 3.8) is 0 Å². The number of hydrogen-bond acceptors (Lipinski definition) is 18. The molecule has 1 aromatic rings. The van der Waals surface area contributed by atoms with Crippen molar-refractivity contribution in [1.82, 2.24) is 0 Å². The average molecular weight is 965 g/mol. The van der Waals surface area contributed by atoms with Crippen molar-refractivity contribution in [3.8, 4) is 0 Å². The van der Waals surface area contributed by atoms with Gasteiger partial charge < -0.3 is 78.4 Å². The monoisotopic (exact) mass is 964 g/mol. The van der Waals surface area contributed by atoms with E-state index >= 15 is 0 Å². The Bertz CT molecular complexity index is 1930. The quantitative estimate of drug-likeness (QED) is 0.132. The zero-order chi connectivity index (χ0) is 47.3. The van der Waals surface area contributed by atoms with Crippen LogP contribution in [-0.4, -0.2) is 166 Å². The van der Waals surface area contributed by atoms with Gasteiger partial charge in [0.25, 0.3) is 0 Å². The van der Waals surface area contributed by atoms with E-state index in [4.69, 9.17) is 42.6 Å². The van der Waals surface area contributed by atoms with Crippen molar-refractivity contribution >= 4 is 17.3 Å². The van der Waals surface area contributed by atoms with Crippen LogP contribution in [0.2, 0.25) is 0 Å². The normalized spacial score (nSPS) is 52.8. The Labute approximate surface area is 395 Å². The van der Waals surface area contributed by atoms with E-state index in [0.29, 0.717) is 53.2 Å². The number of rotatable bonds is 10. The summed E-state index contributed by atoms with van der Waals surface area (Å²) in [5.41, 5.74) is 1.49. The summed E-state index contributed by atoms with van der Waals surface area (Å²) in [4.78, 5) is 12.8. The van der Waals surface area contributed by atoms with Crippen molar-refractivity contribution < 1.29 is 83.2 Å². The van der Waals surface area contributed by atoms with Crippen molar-refractivity contribution in [2.45, 2.75) is 196 Å². The molecule has 25 atom stereocenters. The van der Waals surface area contributed by atoms with Crippen molar-refractivity contribution in [2.24, 2.45) is 46.3 Å². The number of aliphatic hydroxyl groups excluding tert-OH is 7. The first-order chi connectivity index (χ1) is 32.0. The molecule has 4 aliphatic carbocycles. The molecule has 5 aliphatic heterocycles. The van der Waals surface area contributed by atoms with E-state index in [1.165, 1.54) is 23.8 Å². The van der Waals surface area contributed by atoms with Crippen LogP contribution in [0.3, 0.4) is 0 Å². The molecule has 0 bridgehead atoms. The summed E-state index contributed by atoms with van der Waals surface area (Å²) >= 11 is 1.18. The molecule has 9 aliphatic rings. The number of allylic oxidation sites excluding steroid dienone is 1. The van der Waals surface area contributed by atoms with Crippen LogP contribution in [0, 0.1) is 46.3 Å². The summed E-state index contributed by atoms with van der Waals surface area (Å²) in [7, 11) is 0. The second-order valence-corrected chi connectivity index (χ2v) is 22.9. The van der Waals surface area contributed by atoms with Gasteiger partial charge in [0.1, 0.15) is 72.5 Å². The molecule has 18 heteroatoms. The van der Waals surface area contributed by atoms with Crippen molar-refractivity contribution in [3.05, 3.63) is 34.0 Å². The molecule has 7 N–H and O–H groups in total. The fourth-order valence-corrected chi connectivity index (χ4v) is 15.1. The Morgan fingerprint density at radius 3 is 2.28 bits per heavy atom. The van der Waals surface area contributed by atoms with Crippen molar-refractivity contribution in [1.29, 1.82) is 0 Å². The highest BCUT2D eigenvalue weighted by Crippen LogP contribution is 2.70. The van der Waals surface area contributed by atoms with Crippen LogP contribution in [0.5, 0.6) is 0 Å². The van der Waals surface area contributed by atoms with Crippen LogP contribution in [0.4, 0.5) is 0 Å². The van der Waals surface area contributed by atoms with E-state index < -0.39 is 111 Å². The molecular weight excluding hydrogens is 893 g/mol. The highest BCUT2D eigenvalue weighted by atomic mass is 32.1. The zero-order valence-electron chi connectivity index (χ0n) is 39.1. The minimum atomic E-state index is -1.73. The minimum absolute atomic E-state index is 0.0342. The third-order valence-corrected chi connectivity index (χ3v) is 19.1. The molecule has 0 radical (unpaired) electrons. The van der Waals surface area contributed by atoms with E-state index in [1.807, 2.05) is 0 Å². The van der Waals surface area contributed by atoms with E-state index in [0.717, 1.165) is 51.6 Å². The molecule has 376 valence electrons. The maximum Gasteiger partial charge on any atom is 0.348 e. The van der Waals surface area contributed by atoms with E-state index in [9.17, 15) is 40.5 Å². The number of hydrogen-bond donors (Lipinski definition) is 7. The number of carbonyl (C=O) groups is 1. The van der Waals surface area contributed by atoms with Gasteiger partial charge in [-0.25, -0.2) is 4.79 Å². The molecule has 25 unspecified atom stereocenters. The average Bonchev–Trinajstić information content (AvgIpc) is 4.08. The van der Waals surface area contributed by atoms with Crippen LogP contribution < -0.4 is 0 Å². The highest BCUT2D eigenvalue weighted by Gasteiger charge is 2.69. The number of aliphatic hydroxyl groups is 7. The lowest BCUT2D eigenvalue weighted by molar-refractivity contribution is -0.380. The number of fused-ring (bicyclic) bond motifs is 7. The maximum absolute atomic E-state index is 12.5. The lowest BCUT2D eigenvalue weighted by Gasteiger charge is -2.58. The van der Waals surface area contributed by atoms with Crippen LogP contribution >= 0.6 is 11.3 Å². The lowest BCUT2D eigenvalue weighted by atomic mass is 9.47. The summed E-state index contributed by atoms with van der Waals surface area (Å²) in [5, 5.41) is 78.5. The van der Waals surface area contributed by atoms with Gasteiger partial charge in [0, 0.05) is 12.3 Å². The molecule has 10 rings (SSSR count). The number of carbonyl (C=O) groups excluding carboxylic acids is 1. The fraction of sp³-hybridized carbons (Fsp3) is 0.857. The fourth-order valence-electron chi connectivity index (χ4n) is 14.4. The third kappa shape index (κ3) is 8.41. The summed E-state index contributed by atoms with van der Waals surface area (Å²) in [6, 6.07) is 3.28. The van der Waals surface area contributed by atoms with Crippen LogP contribution in [-0.2, 0) is 42.6 Å². The predicted octanol–water partition coefficient (Wildman–Crippen LogP) is 2.78. The summed E-state index contributed by atoms with van der Waals surface area (Å²) in [6.07, 6.45) is -9.52. The van der Waals surface area contributed by atoms with Crippen LogP contribution in [0.15, 0.2) is 29.2 Å². The summed E-state index contributed by atoms with van der Waals surface area (Å²) in [5.74, 6) is 1.94. The Kier molecular flexibility index (Phi) is 13.7.